The molecule has 3 heteroatoms. The summed E-state index contributed by atoms with van der Waals surface area (Å²) in [5.74, 6) is 0.190. The number of hydrogen-bond acceptors (Lipinski definition) is 3. The van der Waals surface area contributed by atoms with Crippen molar-refractivity contribution in [2.45, 2.75) is 6.10 Å². The topological polar surface area (TPSA) is 52.8 Å². The van der Waals surface area contributed by atoms with Gasteiger partial charge in [0.05, 0.1) is 12.6 Å². The summed E-state index contributed by atoms with van der Waals surface area (Å²) in [7, 11) is 0. The van der Waals surface area contributed by atoms with Crippen molar-refractivity contribution in [3.63, 3.8) is 0 Å². The first-order valence-corrected chi connectivity index (χ1v) is 5.78. The molecular weight excluding hydrogens is 226 g/mol. The van der Waals surface area contributed by atoms with Crippen molar-refractivity contribution in [3.8, 4) is 5.75 Å². The Kier molecular flexibility index (Phi) is 4.10. The zero-order valence-corrected chi connectivity index (χ0v) is 9.90. The second-order valence-corrected chi connectivity index (χ2v) is 3.98. The fraction of sp³-hybridized carbons (Fsp3) is 0.133. The Morgan fingerprint density at radius 1 is 1.00 bits per heavy atom. The summed E-state index contributed by atoms with van der Waals surface area (Å²) in [5.41, 5.74) is 1.49. The summed E-state index contributed by atoms with van der Waals surface area (Å²) >= 11 is 0. The summed E-state index contributed by atoms with van der Waals surface area (Å²) in [6.45, 7) is 0.276. The third-order valence-electron chi connectivity index (χ3n) is 2.63. The van der Waals surface area contributed by atoms with E-state index in [-0.39, 0.29) is 12.3 Å². The first-order valence-electron chi connectivity index (χ1n) is 5.78. The number of para-hydroxylation sites is 1. The lowest BCUT2D eigenvalue weighted by Gasteiger charge is -2.07. The molecule has 0 aliphatic rings. The molecule has 0 fully saturated rings. The summed E-state index contributed by atoms with van der Waals surface area (Å²) in [6.07, 6.45) is 0.954. The highest BCUT2D eigenvalue weighted by Crippen LogP contribution is 2.14. The number of aromatic hydroxyl groups is 1. The fourth-order valence-corrected chi connectivity index (χ4v) is 1.63. The van der Waals surface area contributed by atoms with Crippen LogP contribution in [0.2, 0.25) is 0 Å². The van der Waals surface area contributed by atoms with Crippen molar-refractivity contribution < 1.29 is 10.2 Å². The third-order valence-corrected chi connectivity index (χ3v) is 2.63. The predicted molar refractivity (Wildman–Crippen MR) is 72.0 cm³/mol. The number of phenols is 1. The highest BCUT2D eigenvalue weighted by Gasteiger charge is 2.04. The van der Waals surface area contributed by atoms with Crippen LogP contribution in [0.4, 0.5) is 0 Å². The maximum Gasteiger partial charge on any atom is 0.124 e. The van der Waals surface area contributed by atoms with Gasteiger partial charge in [-0.3, -0.25) is 4.99 Å². The van der Waals surface area contributed by atoms with Crippen molar-refractivity contribution >= 4 is 6.21 Å². The van der Waals surface area contributed by atoms with Crippen LogP contribution in [-0.2, 0) is 0 Å². The standard InChI is InChI=1S/C15H15NO2/c17-14-9-5-4-8-13(14)10-16-11-15(18)12-6-2-1-3-7-12/h1-10,15,17-18H,11H2/t15-/m0/s1. The molecule has 0 aliphatic carbocycles. The Morgan fingerprint density at radius 2 is 1.67 bits per heavy atom. The molecule has 0 saturated carbocycles. The molecule has 2 aromatic carbocycles. The number of nitrogens with zero attached hydrogens (tertiary/aromatic N) is 1. The molecule has 0 radical (unpaired) electrons. The molecule has 2 aromatic rings. The Balaban J connectivity index is 1.98. The lowest BCUT2D eigenvalue weighted by molar-refractivity contribution is 0.187. The van der Waals surface area contributed by atoms with Gasteiger partial charge in [0.1, 0.15) is 5.75 Å². The van der Waals surface area contributed by atoms with E-state index >= 15 is 0 Å². The van der Waals surface area contributed by atoms with Crippen molar-refractivity contribution in [3.05, 3.63) is 65.7 Å². The van der Waals surface area contributed by atoms with Crippen LogP contribution >= 0.6 is 0 Å². The number of benzene rings is 2. The quantitative estimate of drug-likeness (QED) is 0.808. The van der Waals surface area contributed by atoms with Crippen LogP contribution in [-0.4, -0.2) is 23.0 Å². The lowest BCUT2D eigenvalue weighted by atomic mass is 10.1. The normalized spacial score (nSPS) is 12.7. The largest absolute Gasteiger partial charge is 0.507 e. The maximum absolute atomic E-state index is 9.89. The molecule has 2 rings (SSSR count). The number of phenolic OH excluding ortho intramolecular Hbond substituents is 1. The van der Waals surface area contributed by atoms with E-state index in [2.05, 4.69) is 4.99 Å². The molecule has 0 aliphatic heterocycles. The van der Waals surface area contributed by atoms with Gasteiger partial charge in [0.2, 0.25) is 0 Å². The molecule has 0 unspecified atom stereocenters. The molecule has 0 amide bonds. The molecule has 0 saturated heterocycles. The monoisotopic (exact) mass is 241 g/mol. The average molecular weight is 241 g/mol. The van der Waals surface area contributed by atoms with Gasteiger partial charge in [0.25, 0.3) is 0 Å². The van der Waals surface area contributed by atoms with Crippen LogP contribution < -0.4 is 0 Å². The van der Waals surface area contributed by atoms with Gasteiger partial charge in [-0.05, 0) is 17.7 Å². The van der Waals surface area contributed by atoms with E-state index in [1.54, 1.807) is 24.4 Å². The number of aliphatic hydroxyl groups excluding tert-OH is 1. The summed E-state index contributed by atoms with van der Waals surface area (Å²) in [5, 5.41) is 19.4. The van der Waals surface area contributed by atoms with E-state index in [0.717, 1.165) is 5.56 Å². The second-order valence-electron chi connectivity index (χ2n) is 3.98. The molecule has 3 nitrogen and oxygen atoms in total. The van der Waals surface area contributed by atoms with Gasteiger partial charge in [-0.2, -0.15) is 0 Å². The highest BCUT2D eigenvalue weighted by molar-refractivity contribution is 5.83. The molecule has 2 N–H and O–H groups in total. The predicted octanol–water partition coefficient (Wildman–Crippen LogP) is 2.54. The molecular formula is C15H15NO2. The maximum atomic E-state index is 9.89. The minimum Gasteiger partial charge on any atom is -0.507 e. The van der Waals surface area contributed by atoms with Crippen LogP contribution in [0.15, 0.2) is 59.6 Å². The van der Waals surface area contributed by atoms with Gasteiger partial charge >= 0.3 is 0 Å². The van der Waals surface area contributed by atoms with Crippen molar-refractivity contribution in [2.75, 3.05) is 6.54 Å². The van der Waals surface area contributed by atoms with Crippen LogP contribution in [0.5, 0.6) is 5.75 Å². The van der Waals surface area contributed by atoms with Crippen molar-refractivity contribution in [2.24, 2.45) is 4.99 Å². The van der Waals surface area contributed by atoms with Gasteiger partial charge in [-0.1, -0.05) is 42.5 Å². The molecule has 0 spiro atoms. The van der Waals surface area contributed by atoms with E-state index in [1.807, 2.05) is 36.4 Å². The highest BCUT2D eigenvalue weighted by atomic mass is 16.3. The van der Waals surface area contributed by atoms with Gasteiger partial charge < -0.3 is 10.2 Å². The van der Waals surface area contributed by atoms with E-state index in [0.29, 0.717) is 5.56 Å². The zero-order chi connectivity index (χ0) is 12.8. The van der Waals surface area contributed by atoms with Gasteiger partial charge in [0, 0.05) is 11.8 Å². The van der Waals surface area contributed by atoms with Gasteiger partial charge in [0.15, 0.2) is 0 Å². The number of rotatable bonds is 4. The number of aliphatic hydroxyl groups is 1. The lowest BCUT2D eigenvalue weighted by Crippen LogP contribution is -2.01. The number of aliphatic imine (C=N–C) groups is 1. The molecule has 1 atom stereocenters. The van der Waals surface area contributed by atoms with Gasteiger partial charge in [-0.25, -0.2) is 0 Å². The third kappa shape index (κ3) is 3.18. The minimum atomic E-state index is -0.617. The van der Waals surface area contributed by atoms with E-state index < -0.39 is 6.10 Å². The molecule has 0 aromatic heterocycles. The summed E-state index contributed by atoms with van der Waals surface area (Å²) < 4.78 is 0. The van der Waals surface area contributed by atoms with E-state index in [9.17, 15) is 10.2 Å². The first-order chi connectivity index (χ1) is 8.77. The van der Waals surface area contributed by atoms with E-state index in [4.69, 9.17) is 0 Å². The van der Waals surface area contributed by atoms with Crippen molar-refractivity contribution in [1.82, 2.24) is 0 Å². The second kappa shape index (κ2) is 5.98. The Hall–Kier alpha value is -2.13. The molecule has 18 heavy (non-hydrogen) atoms. The molecule has 92 valence electrons. The minimum absolute atomic E-state index is 0.190. The van der Waals surface area contributed by atoms with Crippen LogP contribution in [0.25, 0.3) is 0 Å². The number of hydrogen-bond donors (Lipinski definition) is 2. The van der Waals surface area contributed by atoms with Crippen LogP contribution in [0.3, 0.4) is 0 Å². The Bertz CT molecular complexity index is 523. The summed E-state index contributed by atoms with van der Waals surface area (Å²) in [6, 6.07) is 16.3. The molecule has 0 bridgehead atoms. The fourth-order valence-electron chi connectivity index (χ4n) is 1.63. The SMILES string of the molecule is Oc1ccccc1C=NC[C@H](O)c1ccccc1. The van der Waals surface area contributed by atoms with Crippen LogP contribution in [0, 0.1) is 0 Å². The van der Waals surface area contributed by atoms with Gasteiger partial charge in [-0.15, -0.1) is 0 Å². The summed E-state index contributed by atoms with van der Waals surface area (Å²) in [4.78, 5) is 4.14. The van der Waals surface area contributed by atoms with E-state index in [1.165, 1.54) is 0 Å². The zero-order valence-electron chi connectivity index (χ0n) is 9.90. The van der Waals surface area contributed by atoms with Crippen molar-refractivity contribution in [1.29, 1.82) is 0 Å². The first kappa shape index (κ1) is 12.3. The smallest absolute Gasteiger partial charge is 0.124 e. The average Bonchev–Trinajstić information content (AvgIpc) is 2.42. The Morgan fingerprint density at radius 3 is 2.39 bits per heavy atom. The van der Waals surface area contributed by atoms with Crippen LogP contribution in [0.1, 0.15) is 17.2 Å². The molecule has 0 heterocycles. The Labute approximate surface area is 106 Å².